The van der Waals surface area contributed by atoms with Crippen LogP contribution in [0.2, 0.25) is 0 Å². The number of phosphoric ester groups is 1. The van der Waals surface area contributed by atoms with E-state index in [2.05, 4.69) is 92.1 Å². The summed E-state index contributed by atoms with van der Waals surface area (Å²) < 4.78 is 23.7. The highest BCUT2D eigenvalue weighted by molar-refractivity contribution is 7.47. The highest BCUT2D eigenvalue weighted by Crippen LogP contribution is 2.43. The van der Waals surface area contributed by atoms with E-state index in [9.17, 15) is 19.4 Å². The largest absolute Gasteiger partial charge is 0.472 e. The molecule has 3 atom stereocenters. The van der Waals surface area contributed by atoms with Gasteiger partial charge < -0.3 is 19.8 Å². The molecule has 0 aliphatic heterocycles. The number of aliphatic hydroxyl groups excluding tert-OH is 1. The van der Waals surface area contributed by atoms with E-state index in [-0.39, 0.29) is 19.1 Å². The fourth-order valence-electron chi connectivity index (χ4n) is 10.0. The number of nitrogens with one attached hydrogen (secondary N) is 1. The summed E-state index contributed by atoms with van der Waals surface area (Å²) in [5.74, 6) is -0.187. The molecular formula is C72H134N2O6P+. The second-order valence-corrected chi connectivity index (χ2v) is 26.0. The third-order valence-corrected chi connectivity index (χ3v) is 16.3. The van der Waals surface area contributed by atoms with Crippen LogP contribution in [-0.4, -0.2) is 73.4 Å². The minimum atomic E-state index is -4.36. The first-order valence-corrected chi connectivity index (χ1v) is 36.0. The van der Waals surface area contributed by atoms with Crippen LogP contribution in [0.4, 0.5) is 0 Å². The Labute approximate surface area is 503 Å². The van der Waals surface area contributed by atoms with Crippen molar-refractivity contribution < 1.29 is 32.9 Å². The maximum absolute atomic E-state index is 13.0. The monoisotopic (exact) mass is 1150 g/mol. The number of unbranched alkanes of at least 4 members (excludes halogenated alkanes) is 38. The number of amides is 1. The Morgan fingerprint density at radius 1 is 0.432 bits per heavy atom. The summed E-state index contributed by atoms with van der Waals surface area (Å²) in [5.41, 5.74) is 0. The second-order valence-electron chi connectivity index (χ2n) is 24.5. The van der Waals surface area contributed by atoms with Crippen molar-refractivity contribution in [3.05, 3.63) is 85.1 Å². The van der Waals surface area contributed by atoms with Crippen molar-refractivity contribution in [1.82, 2.24) is 5.32 Å². The standard InChI is InChI=1S/C72H133N2O6P/c1-6-8-10-12-14-16-18-20-22-24-26-27-28-29-30-31-32-33-34-35-36-37-38-39-40-41-42-43-44-45-46-47-48-50-52-54-56-58-60-62-64-66-72(76)73-70(69-80-81(77,78)79-68-67-74(3,4)5)71(75)65-63-61-59-57-55-53-51-49-25-23-21-19-17-15-13-11-9-7-2/h8,10,14,16,20,22,25-27,49,55,57,63,65,70-71,75H,6-7,9,11-13,15,17-19,21,23-24,28-48,50-54,56,58-62,64,66-69H2,1-5H3,(H-,73,76,77,78)/p+1/b10-8-,16-14-,22-20-,27-26-,49-25+,57-55+,65-63+. The average molecular weight is 1150 g/mol. The van der Waals surface area contributed by atoms with Gasteiger partial charge in [0.05, 0.1) is 39.9 Å². The highest BCUT2D eigenvalue weighted by Gasteiger charge is 2.28. The Balaban J connectivity index is 3.93. The zero-order chi connectivity index (χ0) is 59.1. The number of phosphoric acid groups is 1. The van der Waals surface area contributed by atoms with Crippen molar-refractivity contribution in [2.45, 2.75) is 328 Å². The molecule has 81 heavy (non-hydrogen) atoms. The van der Waals surface area contributed by atoms with Crippen molar-refractivity contribution in [2.24, 2.45) is 0 Å². The van der Waals surface area contributed by atoms with Gasteiger partial charge in [0.1, 0.15) is 13.2 Å². The van der Waals surface area contributed by atoms with Gasteiger partial charge in [0, 0.05) is 6.42 Å². The van der Waals surface area contributed by atoms with Crippen LogP contribution < -0.4 is 5.32 Å². The summed E-state index contributed by atoms with van der Waals surface area (Å²) in [7, 11) is 1.55. The van der Waals surface area contributed by atoms with Gasteiger partial charge in [-0.3, -0.25) is 13.8 Å². The van der Waals surface area contributed by atoms with Crippen molar-refractivity contribution in [1.29, 1.82) is 0 Å². The first kappa shape index (κ1) is 78.7. The lowest BCUT2D eigenvalue weighted by molar-refractivity contribution is -0.870. The van der Waals surface area contributed by atoms with Gasteiger partial charge >= 0.3 is 7.82 Å². The molecule has 0 aromatic rings. The molecule has 0 saturated carbocycles. The summed E-state index contributed by atoms with van der Waals surface area (Å²) >= 11 is 0. The Hall–Kier alpha value is -2.32. The molecule has 0 aliphatic carbocycles. The summed E-state index contributed by atoms with van der Waals surface area (Å²) in [6.45, 7) is 4.69. The number of likely N-dealkylation sites (N-methyl/N-ethyl adjacent to an activating group) is 1. The lowest BCUT2D eigenvalue weighted by atomic mass is 10.0. The normalized spacial score (nSPS) is 14.2. The molecule has 8 nitrogen and oxygen atoms in total. The maximum Gasteiger partial charge on any atom is 0.472 e. The van der Waals surface area contributed by atoms with Crippen LogP contribution in [0.25, 0.3) is 0 Å². The third kappa shape index (κ3) is 65.1. The van der Waals surface area contributed by atoms with Crippen molar-refractivity contribution in [2.75, 3.05) is 40.9 Å². The van der Waals surface area contributed by atoms with Crippen molar-refractivity contribution in [3.8, 4) is 0 Å². The first-order chi connectivity index (χ1) is 39.5. The van der Waals surface area contributed by atoms with Crippen LogP contribution >= 0.6 is 7.82 Å². The molecule has 0 heterocycles. The molecule has 0 aromatic carbocycles. The van der Waals surface area contributed by atoms with Crippen LogP contribution in [0.3, 0.4) is 0 Å². The van der Waals surface area contributed by atoms with E-state index in [0.717, 1.165) is 70.6 Å². The lowest BCUT2D eigenvalue weighted by Crippen LogP contribution is -2.45. The number of hydrogen-bond donors (Lipinski definition) is 3. The summed E-state index contributed by atoms with van der Waals surface area (Å²) in [6.07, 6.45) is 88.9. The maximum atomic E-state index is 13.0. The number of nitrogens with zero attached hydrogens (tertiary/aromatic N) is 1. The van der Waals surface area contributed by atoms with E-state index in [0.29, 0.717) is 17.4 Å². The van der Waals surface area contributed by atoms with Gasteiger partial charge in [0.2, 0.25) is 5.91 Å². The van der Waals surface area contributed by atoms with E-state index >= 15 is 0 Å². The summed E-state index contributed by atoms with van der Waals surface area (Å²) in [4.78, 5) is 23.4. The zero-order valence-electron chi connectivity index (χ0n) is 54.0. The molecule has 0 saturated heterocycles. The molecule has 0 radical (unpaired) electrons. The van der Waals surface area contributed by atoms with Gasteiger partial charge in [0.25, 0.3) is 0 Å². The highest BCUT2D eigenvalue weighted by atomic mass is 31.2. The predicted molar refractivity (Wildman–Crippen MR) is 355 cm³/mol. The van der Waals surface area contributed by atoms with Crippen molar-refractivity contribution >= 4 is 13.7 Å². The Bertz CT molecular complexity index is 1600. The number of allylic oxidation sites excluding steroid dienone is 13. The van der Waals surface area contributed by atoms with Gasteiger partial charge in [-0.25, -0.2) is 4.57 Å². The molecule has 0 aliphatic rings. The van der Waals surface area contributed by atoms with Gasteiger partial charge in [-0.15, -0.1) is 0 Å². The Morgan fingerprint density at radius 3 is 1.14 bits per heavy atom. The zero-order valence-corrected chi connectivity index (χ0v) is 54.9. The van der Waals surface area contributed by atoms with E-state index < -0.39 is 20.0 Å². The minimum absolute atomic E-state index is 0.0531. The smallest absolute Gasteiger partial charge is 0.387 e. The third-order valence-electron chi connectivity index (χ3n) is 15.3. The fraction of sp³-hybridized carbons (Fsp3) is 0.792. The molecule has 3 N–H and O–H groups in total. The molecular weight excluding hydrogens is 1020 g/mol. The number of quaternary nitrogens is 1. The number of hydrogen-bond acceptors (Lipinski definition) is 5. The molecule has 0 spiro atoms. The molecule has 0 aromatic heterocycles. The molecule has 3 unspecified atom stereocenters. The van der Waals surface area contributed by atoms with Gasteiger partial charge in [0.15, 0.2) is 0 Å². The number of carbonyl (C=O) groups is 1. The second kappa shape index (κ2) is 62.2. The molecule has 1 amide bonds. The number of carbonyl (C=O) groups excluding carboxylic acids is 1. The minimum Gasteiger partial charge on any atom is -0.387 e. The lowest BCUT2D eigenvalue weighted by Gasteiger charge is -2.25. The van der Waals surface area contributed by atoms with Crippen LogP contribution in [0.15, 0.2) is 85.1 Å². The van der Waals surface area contributed by atoms with Crippen LogP contribution in [0, 0.1) is 0 Å². The van der Waals surface area contributed by atoms with Crippen molar-refractivity contribution in [3.63, 3.8) is 0 Å². The van der Waals surface area contributed by atoms with Crippen LogP contribution in [0.5, 0.6) is 0 Å². The van der Waals surface area contributed by atoms with Gasteiger partial charge in [-0.05, 0) is 83.5 Å². The van der Waals surface area contributed by atoms with E-state index in [4.69, 9.17) is 9.05 Å². The van der Waals surface area contributed by atoms with Crippen LogP contribution in [-0.2, 0) is 18.4 Å². The van der Waals surface area contributed by atoms with Gasteiger partial charge in [-0.1, -0.05) is 311 Å². The summed E-state index contributed by atoms with van der Waals surface area (Å²) in [6, 6.07) is -0.871. The first-order valence-electron chi connectivity index (χ1n) is 34.5. The topological polar surface area (TPSA) is 105 Å². The molecule has 0 rings (SSSR count). The molecule has 472 valence electrons. The molecule has 0 fully saturated rings. The van der Waals surface area contributed by atoms with Crippen LogP contribution in [0.1, 0.15) is 316 Å². The molecule has 9 heteroatoms. The van der Waals surface area contributed by atoms with Gasteiger partial charge in [-0.2, -0.15) is 0 Å². The number of aliphatic hydroxyl groups is 1. The van der Waals surface area contributed by atoms with E-state index in [1.54, 1.807) is 6.08 Å². The number of rotatable bonds is 63. The van der Waals surface area contributed by atoms with E-state index in [1.807, 2.05) is 27.2 Å². The molecule has 0 bridgehead atoms. The Kier molecular flexibility index (Phi) is 60.4. The quantitative estimate of drug-likeness (QED) is 0.0243. The average Bonchev–Trinajstić information content (AvgIpc) is 3.43. The Morgan fingerprint density at radius 2 is 0.753 bits per heavy atom. The fourth-order valence-corrected chi connectivity index (χ4v) is 10.7. The van der Waals surface area contributed by atoms with E-state index in [1.165, 1.54) is 225 Å². The SMILES string of the molecule is CC/C=C\C/C=C\C/C=C\C/C=C\CCCCCCCCCCCCCCCCCCCCCCCCCCCCCCC(=O)NC(COP(=O)(O)OCC[N+](C)(C)C)C(O)/C=C/CC/C=C/CC/C=C/CCCCCCCCCC. The summed E-state index contributed by atoms with van der Waals surface area (Å²) in [5, 5.41) is 13.9. The predicted octanol–water partition coefficient (Wildman–Crippen LogP) is 21.9.